The smallest absolute Gasteiger partial charge is 0.235 e. The van der Waals surface area contributed by atoms with Gasteiger partial charge in [0.25, 0.3) is 0 Å². The molecular weight excluding hydrogens is 208 g/mol. The van der Waals surface area contributed by atoms with E-state index in [-0.39, 0.29) is 10.9 Å². The molecule has 1 amide bonds. The maximum absolute atomic E-state index is 12.2. The molecule has 0 spiro atoms. The number of hydrogen-bond acceptors (Lipinski definition) is 2. The summed E-state index contributed by atoms with van der Waals surface area (Å²) in [5, 5.41) is 0. The average Bonchev–Trinajstić information content (AvgIpc) is 2.43. The van der Waals surface area contributed by atoms with Gasteiger partial charge in [-0.15, -0.1) is 0 Å². The van der Waals surface area contributed by atoms with Crippen molar-refractivity contribution in [3.05, 3.63) is 0 Å². The Morgan fingerprint density at radius 2 is 2.00 bits per heavy atom. The first-order valence-corrected chi connectivity index (χ1v) is 5.78. The van der Waals surface area contributed by atoms with Crippen LogP contribution in [-0.2, 0) is 4.79 Å². The van der Waals surface area contributed by atoms with E-state index in [0.717, 1.165) is 13.0 Å². The molecule has 3 nitrogen and oxygen atoms in total. The summed E-state index contributed by atoms with van der Waals surface area (Å²) in [4.78, 5) is 14.4. The van der Waals surface area contributed by atoms with Crippen LogP contribution in [-0.4, -0.2) is 28.4 Å². The maximum Gasteiger partial charge on any atom is 0.235 e. The first kappa shape index (κ1) is 12.4. The van der Waals surface area contributed by atoms with Crippen molar-refractivity contribution in [2.24, 2.45) is 17.1 Å². The molecule has 0 bridgehead atoms. The van der Waals surface area contributed by atoms with Gasteiger partial charge in [-0.2, -0.15) is 0 Å². The van der Waals surface area contributed by atoms with E-state index >= 15 is 0 Å². The molecule has 1 saturated heterocycles. The fourth-order valence-electron chi connectivity index (χ4n) is 2.05. The van der Waals surface area contributed by atoms with E-state index in [4.69, 9.17) is 18.0 Å². The van der Waals surface area contributed by atoms with Crippen molar-refractivity contribution in [1.82, 2.24) is 4.90 Å². The van der Waals surface area contributed by atoms with Gasteiger partial charge in [-0.25, -0.2) is 0 Å². The third-order valence-corrected chi connectivity index (χ3v) is 3.71. The molecule has 15 heavy (non-hydrogen) atoms. The van der Waals surface area contributed by atoms with Gasteiger partial charge in [0, 0.05) is 12.6 Å². The Hall–Kier alpha value is -0.640. The van der Waals surface area contributed by atoms with Crippen molar-refractivity contribution in [2.45, 2.75) is 40.2 Å². The highest BCUT2D eigenvalue weighted by atomic mass is 32.1. The molecule has 2 atom stereocenters. The van der Waals surface area contributed by atoms with Gasteiger partial charge in [0.1, 0.15) is 0 Å². The minimum absolute atomic E-state index is 0.0619. The largest absolute Gasteiger partial charge is 0.392 e. The van der Waals surface area contributed by atoms with Crippen LogP contribution in [0, 0.1) is 11.3 Å². The second-order valence-corrected chi connectivity index (χ2v) is 5.58. The molecule has 0 aromatic carbocycles. The van der Waals surface area contributed by atoms with Gasteiger partial charge in [-0.05, 0) is 33.1 Å². The summed E-state index contributed by atoms with van der Waals surface area (Å²) in [7, 11) is 0. The maximum atomic E-state index is 12.2. The zero-order chi connectivity index (χ0) is 11.8. The quantitative estimate of drug-likeness (QED) is 0.730. The van der Waals surface area contributed by atoms with Crippen LogP contribution in [0.15, 0.2) is 0 Å². The Labute approximate surface area is 97.0 Å². The van der Waals surface area contributed by atoms with E-state index in [9.17, 15) is 4.79 Å². The minimum atomic E-state index is -0.715. The van der Waals surface area contributed by atoms with Gasteiger partial charge in [-0.3, -0.25) is 4.79 Å². The summed E-state index contributed by atoms with van der Waals surface area (Å²) >= 11 is 4.94. The van der Waals surface area contributed by atoms with E-state index < -0.39 is 5.41 Å². The lowest BCUT2D eigenvalue weighted by Gasteiger charge is -2.31. The highest BCUT2D eigenvalue weighted by Gasteiger charge is 2.39. The van der Waals surface area contributed by atoms with Crippen molar-refractivity contribution in [1.29, 1.82) is 0 Å². The van der Waals surface area contributed by atoms with Gasteiger partial charge >= 0.3 is 0 Å². The molecule has 1 fully saturated rings. The summed E-state index contributed by atoms with van der Waals surface area (Å²) < 4.78 is 0. The summed E-state index contributed by atoms with van der Waals surface area (Å²) in [6.45, 7) is 8.67. The van der Waals surface area contributed by atoms with Gasteiger partial charge in [0.2, 0.25) is 5.91 Å². The van der Waals surface area contributed by atoms with E-state index in [1.54, 1.807) is 13.8 Å². The molecule has 1 heterocycles. The lowest BCUT2D eigenvalue weighted by Crippen LogP contribution is -2.48. The topological polar surface area (TPSA) is 46.3 Å². The number of thiocarbonyl (C=S) groups is 1. The minimum Gasteiger partial charge on any atom is -0.392 e. The summed E-state index contributed by atoms with van der Waals surface area (Å²) in [5.74, 6) is 0.637. The Morgan fingerprint density at radius 1 is 1.47 bits per heavy atom. The molecule has 1 aliphatic rings. The van der Waals surface area contributed by atoms with Crippen molar-refractivity contribution < 1.29 is 4.79 Å². The van der Waals surface area contributed by atoms with Crippen LogP contribution in [0.1, 0.15) is 34.1 Å². The predicted octanol–water partition coefficient (Wildman–Crippen LogP) is 1.56. The third kappa shape index (κ3) is 2.30. The van der Waals surface area contributed by atoms with Crippen molar-refractivity contribution in [2.75, 3.05) is 6.54 Å². The molecule has 1 rings (SSSR count). The zero-order valence-electron chi connectivity index (χ0n) is 9.91. The first-order chi connectivity index (χ1) is 6.76. The van der Waals surface area contributed by atoms with Crippen LogP contribution < -0.4 is 5.73 Å². The molecule has 0 saturated carbocycles. The number of likely N-dealkylation sites (tertiary alicyclic amines) is 1. The van der Waals surface area contributed by atoms with E-state index in [1.165, 1.54) is 0 Å². The zero-order valence-corrected chi connectivity index (χ0v) is 10.7. The molecule has 0 radical (unpaired) electrons. The number of hydrogen-bond donors (Lipinski definition) is 1. The molecule has 1 aliphatic heterocycles. The average molecular weight is 228 g/mol. The van der Waals surface area contributed by atoms with Gasteiger partial charge in [-0.1, -0.05) is 19.1 Å². The van der Waals surface area contributed by atoms with E-state index in [0.29, 0.717) is 12.0 Å². The highest BCUT2D eigenvalue weighted by Crippen LogP contribution is 2.28. The normalized spacial score (nSPS) is 26.8. The third-order valence-electron chi connectivity index (χ3n) is 3.20. The second-order valence-electron chi connectivity index (χ2n) is 5.14. The lowest BCUT2D eigenvalue weighted by molar-refractivity contribution is -0.137. The van der Waals surface area contributed by atoms with Crippen LogP contribution in [0.5, 0.6) is 0 Å². The monoisotopic (exact) mass is 228 g/mol. The summed E-state index contributed by atoms with van der Waals surface area (Å²) in [6.07, 6.45) is 1.07. The van der Waals surface area contributed by atoms with E-state index in [1.807, 2.05) is 4.90 Å². The van der Waals surface area contributed by atoms with Crippen molar-refractivity contribution >= 4 is 23.1 Å². The molecule has 4 heteroatoms. The standard InChI is InChI=1S/C11H20N2OS/c1-7-5-8(2)13(6-7)10(14)11(3,4)9(12)15/h7-8H,5-6H2,1-4H3,(H2,12,15). The summed E-state index contributed by atoms with van der Waals surface area (Å²) in [6, 6.07) is 0.307. The highest BCUT2D eigenvalue weighted by molar-refractivity contribution is 7.80. The lowest BCUT2D eigenvalue weighted by atomic mass is 9.91. The number of nitrogens with two attached hydrogens (primary N) is 1. The summed E-state index contributed by atoms with van der Waals surface area (Å²) in [5.41, 5.74) is 4.89. The van der Waals surface area contributed by atoms with Crippen LogP contribution in [0.25, 0.3) is 0 Å². The predicted molar refractivity (Wildman–Crippen MR) is 65.5 cm³/mol. The van der Waals surface area contributed by atoms with Gasteiger partial charge in [0.05, 0.1) is 10.4 Å². The Morgan fingerprint density at radius 3 is 2.33 bits per heavy atom. The number of amides is 1. The van der Waals surface area contributed by atoms with Crippen LogP contribution in [0.4, 0.5) is 0 Å². The second kappa shape index (κ2) is 4.08. The fourth-order valence-corrected chi connectivity index (χ4v) is 2.13. The number of carbonyl (C=O) groups excluding carboxylic acids is 1. The Bertz CT molecular complexity index is 288. The molecule has 0 aromatic heterocycles. The molecule has 86 valence electrons. The molecule has 0 aliphatic carbocycles. The first-order valence-electron chi connectivity index (χ1n) is 5.37. The molecule has 2 N–H and O–H groups in total. The molecule has 0 aromatic rings. The van der Waals surface area contributed by atoms with Crippen LogP contribution in [0.3, 0.4) is 0 Å². The molecule has 2 unspecified atom stereocenters. The molecular formula is C11H20N2OS. The van der Waals surface area contributed by atoms with Gasteiger partial charge in [0.15, 0.2) is 0 Å². The number of carbonyl (C=O) groups is 1. The Balaban J connectivity index is 2.81. The van der Waals surface area contributed by atoms with Crippen LogP contribution >= 0.6 is 12.2 Å². The van der Waals surface area contributed by atoms with E-state index in [2.05, 4.69) is 13.8 Å². The van der Waals surface area contributed by atoms with Crippen LogP contribution in [0.2, 0.25) is 0 Å². The van der Waals surface area contributed by atoms with Gasteiger partial charge < -0.3 is 10.6 Å². The number of rotatable bonds is 2. The number of nitrogens with zero attached hydrogens (tertiary/aromatic N) is 1. The van der Waals surface area contributed by atoms with Crippen molar-refractivity contribution in [3.8, 4) is 0 Å². The fraction of sp³-hybridized carbons (Fsp3) is 0.818. The Kier molecular flexibility index (Phi) is 3.38. The van der Waals surface area contributed by atoms with Crippen molar-refractivity contribution in [3.63, 3.8) is 0 Å². The SMILES string of the molecule is CC1CC(C)N(C(=O)C(C)(C)C(N)=S)C1.